The highest BCUT2D eigenvalue weighted by Gasteiger charge is 2.24. The first kappa shape index (κ1) is 21.8. The van der Waals surface area contributed by atoms with Gasteiger partial charge in [0.1, 0.15) is 5.82 Å². The van der Waals surface area contributed by atoms with Crippen molar-refractivity contribution >= 4 is 29.5 Å². The number of thioether (sulfide) groups is 2. The van der Waals surface area contributed by atoms with Gasteiger partial charge in [-0.2, -0.15) is 11.8 Å². The summed E-state index contributed by atoms with van der Waals surface area (Å²) in [4.78, 5) is 7.38. The second-order valence-corrected chi connectivity index (χ2v) is 9.78. The van der Waals surface area contributed by atoms with Gasteiger partial charge in [-0.25, -0.2) is 0 Å². The summed E-state index contributed by atoms with van der Waals surface area (Å²) >= 11 is 3.82. The van der Waals surface area contributed by atoms with Crippen molar-refractivity contribution in [2.75, 3.05) is 38.2 Å². The fourth-order valence-electron chi connectivity index (χ4n) is 4.15. The van der Waals surface area contributed by atoms with Crippen LogP contribution < -0.4 is 5.32 Å². The lowest BCUT2D eigenvalue weighted by molar-refractivity contribution is 0.408. The highest BCUT2D eigenvalue weighted by Crippen LogP contribution is 2.33. The summed E-state index contributed by atoms with van der Waals surface area (Å²) in [5.41, 5.74) is 0. The lowest BCUT2D eigenvalue weighted by Gasteiger charge is -2.34. The summed E-state index contributed by atoms with van der Waals surface area (Å²) in [6.45, 7) is 8.41. The number of rotatable bonds is 8. The third kappa shape index (κ3) is 5.59. The zero-order valence-corrected chi connectivity index (χ0v) is 19.3. The summed E-state index contributed by atoms with van der Waals surface area (Å²) in [6, 6.07) is 0.602. The van der Waals surface area contributed by atoms with Gasteiger partial charge in [0.15, 0.2) is 11.1 Å². The first-order valence-corrected chi connectivity index (χ1v) is 13.2. The van der Waals surface area contributed by atoms with Crippen LogP contribution in [-0.4, -0.2) is 69.1 Å². The Morgan fingerprint density at radius 2 is 2.11 bits per heavy atom. The fraction of sp³-hybridized carbons (Fsp3) is 0.850. The van der Waals surface area contributed by atoms with Crippen LogP contribution >= 0.6 is 23.5 Å². The van der Waals surface area contributed by atoms with Gasteiger partial charge in [-0.1, -0.05) is 31.5 Å². The molecular formula is C20H36N6S2. The van der Waals surface area contributed by atoms with Crippen LogP contribution in [0.3, 0.4) is 0 Å². The largest absolute Gasteiger partial charge is 0.357 e. The molecule has 1 unspecified atom stereocenters. The Morgan fingerprint density at radius 1 is 1.29 bits per heavy atom. The van der Waals surface area contributed by atoms with Crippen molar-refractivity contribution in [1.29, 1.82) is 0 Å². The molecular weight excluding hydrogens is 388 g/mol. The van der Waals surface area contributed by atoms with E-state index in [0.29, 0.717) is 6.04 Å². The average molecular weight is 425 g/mol. The van der Waals surface area contributed by atoms with Gasteiger partial charge in [0.05, 0.1) is 0 Å². The number of hydrogen-bond acceptors (Lipinski definition) is 5. The maximum Gasteiger partial charge on any atom is 0.193 e. The minimum Gasteiger partial charge on any atom is -0.357 e. The van der Waals surface area contributed by atoms with E-state index < -0.39 is 0 Å². The minimum atomic E-state index is 0.602. The second kappa shape index (κ2) is 11.3. The van der Waals surface area contributed by atoms with Crippen molar-refractivity contribution in [2.45, 2.75) is 75.2 Å². The highest BCUT2D eigenvalue weighted by atomic mass is 32.2. The number of nitrogens with zero attached hydrogens (tertiary/aromatic N) is 5. The highest BCUT2D eigenvalue weighted by molar-refractivity contribution is 8.00. The number of aryl methyl sites for hydroxylation is 1. The van der Waals surface area contributed by atoms with Crippen LogP contribution in [0.25, 0.3) is 0 Å². The van der Waals surface area contributed by atoms with E-state index in [-0.39, 0.29) is 0 Å². The number of aromatic nitrogens is 3. The van der Waals surface area contributed by atoms with Gasteiger partial charge in [-0.15, -0.1) is 10.2 Å². The quantitative estimate of drug-likeness (QED) is 0.296. The average Bonchev–Trinajstić information content (AvgIpc) is 3.39. The molecule has 6 nitrogen and oxygen atoms in total. The third-order valence-electron chi connectivity index (χ3n) is 5.66. The zero-order chi connectivity index (χ0) is 19.8. The molecule has 0 amide bonds. The minimum absolute atomic E-state index is 0.602. The van der Waals surface area contributed by atoms with Crippen LogP contribution in [0.5, 0.6) is 0 Å². The van der Waals surface area contributed by atoms with E-state index in [2.05, 4.69) is 56.8 Å². The topological polar surface area (TPSA) is 58.3 Å². The lowest BCUT2D eigenvalue weighted by atomic mass is 10.2. The molecule has 1 N–H and O–H groups in total. The number of guanidine groups is 1. The molecule has 1 aromatic heterocycles. The van der Waals surface area contributed by atoms with Crippen LogP contribution in [-0.2, 0) is 6.42 Å². The van der Waals surface area contributed by atoms with Crippen molar-refractivity contribution in [2.24, 2.45) is 4.99 Å². The van der Waals surface area contributed by atoms with Crippen molar-refractivity contribution in [3.05, 3.63) is 5.82 Å². The second-order valence-electron chi connectivity index (χ2n) is 7.60. The summed E-state index contributed by atoms with van der Waals surface area (Å²) in [5, 5.41) is 14.2. The van der Waals surface area contributed by atoms with Crippen LogP contribution in [0.4, 0.5) is 0 Å². The van der Waals surface area contributed by atoms with Crippen molar-refractivity contribution in [3.63, 3.8) is 0 Å². The maximum absolute atomic E-state index is 4.93. The molecule has 1 aromatic rings. The van der Waals surface area contributed by atoms with Crippen LogP contribution in [0.15, 0.2) is 10.1 Å². The molecule has 0 radical (unpaired) electrons. The van der Waals surface area contributed by atoms with E-state index in [9.17, 15) is 0 Å². The number of nitrogens with one attached hydrogen (secondary N) is 1. The summed E-state index contributed by atoms with van der Waals surface area (Å²) in [5.74, 6) is 3.44. The van der Waals surface area contributed by atoms with Crippen LogP contribution in [0, 0.1) is 0 Å². The Balaban J connectivity index is 1.58. The molecule has 1 saturated heterocycles. The van der Waals surface area contributed by atoms with Crippen molar-refractivity contribution in [1.82, 2.24) is 25.0 Å². The van der Waals surface area contributed by atoms with Gasteiger partial charge in [0.2, 0.25) is 0 Å². The normalized spacial score (nSPS) is 21.5. The van der Waals surface area contributed by atoms with E-state index >= 15 is 0 Å². The third-order valence-corrected chi connectivity index (χ3v) is 7.67. The first-order valence-electron chi connectivity index (χ1n) is 10.9. The van der Waals surface area contributed by atoms with Gasteiger partial charge in [-0.05, 0) is 38.9 Å². The van der Waals surface area contributed by atoms with E-state index in [4.69, 9.17) is 4.99 Å². The van der Waals surface area contributed by atoms with E-state index in [1.165, 1.54) is 37.9 Å². The van der Waals surface area contributed by atoms with Gasteiger partial charge < -0.3 is 14.8 Å². The van der Waals surface area contributed by atoms with E-state index in [1.807, 2.05) is 0 Å². The monoisotopic (exact) mass is 424 g/mol. The first-order chi connectivity index (χ1) is 13.8. The molecule has 2 aliphatic rings. The molecule has 2 heterocycles. The molecule has 3 rings (SSSR count). The fourth-order valence-corrected chi connectivity index (χ4v) is 5.91. The van der Waals surface area contributed by atoms with Crippen molar-refractivity contribution in [3.8, 4) is 0 Å². The van der Waals surface area contributed by atoms with E-state index in [1.54, 1.807) is 11.8 Å². The predicted octanol–water partition coefficient (Wildman–Crippen LogP) is 3.84. The van der Waals surface area contributed by atoms with Gasteiger partial charge >= 0.3 is 0 Å². The Kier molecular flexibility index (Phi) is 8.83. The Labute approximate surface area is 178 Å². The molecule has 2 fully saturated rings. The van der Waals surface area contributed by atoms with Crippen LogP contribution in [0.2, 0.25) is 0 Å². The van der Waals surface area contributed by atoms with Gasteiger partial charge in [-0.3, -0.25) is 4.99 Å². The standard InChI is InChI=1S/C20H36N6S2/c1-4-17-15-25(13-14-28-17)19(21-5-2)22-12-8-11-18-23-24-20(27-3)26(18)16-9-6-7-10-16/h16-17H,4-15H2,1-3H3,(H,21,22). The molecule has 28 heavy (non-hydrogen) atoms. The number of hydrogen-bond donors (Lipinski definition) is 1. The Hall–Kier alpha value is -0.890. The molecule has 158 valence electrons. The Morgan fingerprint density at radius 3 is 2.82 bits per heavy atom. The molecule has 0 aromatic carbocycles. The summed E-state index contributed by atoms with van der Waals surface area (Å²) in [6.07, 6.45) is 10.5. The molecule has 1 saturated carbocycles. The van der Waals surface area contributed by atoms with Crippen LogP contribution in [0.1, 0.15) is 64.2 Å². The molecule has 1 aliphatic heterocycles. The SMILES string of the molecule is CCNC(=NCCCc1nnc(SC)n1C1CCCC1)N1CCSC(CC)C1. The van der Waals surface area contributed by atoms with E-state index in [0.717, 1.165) is 61.2 Å². The molecule has 1 aliphatic carbocycles. The molecule has 8 heteroatoms. The lowest BCUT2D eigenvalue weighted by Crippen LogP contribution is -2.48. The maximum atomic E-state index is 4.93. The smallest absolute Gasteiger partial charge is 0.193 e. The van der Waals surface area contributed by atoms with Gasteiger partial charge in [0.25, 0.3) is 0 Å². The zero-order valence-electron chi connectivity index (χ0n) is 17.7. The Bertz CT molecular complexity index is 626. The molecule has 0 bridgehead atoms. The van der Waals surface area contributed by atoms with Gasteiger partial charge in [0, 0.05) is 49.6 Å². The predicted molar refractivity (Wildman–Crippen MR) is 122 cm³/mol. The van der Waals surface area contributed by atoms with Crippen molar-refractivity contribution < 1.29 is 0 Å². The summed E-state index contributed by atoms with van der Waals surface area (Å²) < 4.78 is 2.42. The molecule has 1 atom stereocenters. The number of aliphatic imine (C=N–C) groups is 1. The molecule has 0 spiro atoms. The summed E-state index contributed by atoms with van der Waals surface area (Å²) in [7, 11) is 0.